The second-order valence-corrected chi connectivity index (χ2v) is 5.86. The molecule has 110 valence electrons. The maximum atomic E-state index is 9.07. The van der Waals surface area contributed by atoms with Crippen molar-refractivity contribution in [1.82, 2.24) is 9.27 Å². The average Bonchev–Trinajstić information content (AvgIpc) is 2.85. The van der Waals surface area contributed by atoms with Crippen LogP contribution in [-0.4, -0.2) is 29.4 Å². The summed E-state index contributed by atoms with van der Waals surface area (Å²) in [5, 5.41) is 13.3. The summed E-state index contributed by atoms with van der Waals surface area (Å²) in [6.45, 7) is 4.70. The fourth-order valence-electron chi connectivity index (χ4n) is 2.15. The van der Waals surface area contributed by atoms with Gasteiger partial charge in [-0.1, -0.05) is 30.3 Å². The highest BCUT2D eigenvalue weighted by Crippen LogP contribution is 2.23. The molecule has 0 radical (unpaired) electrons. The molecule has 0 aliphatic rings. The summed E-state index contributed by atoms with van der Waals surface area (Å²) in [6, 6.07) is 12.7. The minimum Gasteiger partial charge on any atom is -0.375 e. The Kier molecular flexibility index (Phi) is 5.73. The first kappa shape index (κ1) is 15.5. The van der Waals surface area contributed by atoms with E-state index in [4.69, 9.17) is 5.26 Å². The molecule has 2 aromatic rings. The molecule has 2 rings (SSSR count). The van der Waals surface area contributed by atoms with Crippen LogP contribution in [0.1, 0.15) is 23.2 Å². The lowest BCUT2D eigenvalue weighted by atomic mass is 10.2. The van der Waals surface area contributed by atoms with E-state index in [9.17, 15) is 0 Å². The summed E-state index contributed by atoms with van der Waals surface area (Å²) >= 11 is 1.36. The topological polar surface area (TPSA) is 52.0 Å². The van der Waals surface area contributed by atoms with E-state index in [1.54, 1.807) is 0 Å². The van der Waals surface area contributed by atoms with Gasteiger partial charge in [0.05, 0.1) is 5.69 Å². The summed E-state index contributed by atoms with van der Waals surface area (Å²) in [5.41, 5.74) is 2.82. The van der Waals surface area contributed by atoms with E-state index in [2.05, 4.69) is 52.0 Å². The van der Waals surface area contributed by atoms with Crippen LogP contribution in [0.4, 0.5) is 5.00 Å². The van der Waals surface area contributed by atoms with Crippen LogP contribution in [0.3, 0.4) is 0 Å². The minimum absolute atomic E-state index is 0.678. The van der Waals surface area contributed by atoms with Crippen molar-refractivity contribution in [2.45, 2.75) is 19.9 Å². The Labute approximate surface area is 130 Å². The number of nitriles is 1. The normalized spacial score (nSPS) is 10.6. The van der Waals surface area contributed by atoms with Crippen LogP contribution in [0.25, 0.3) is 0 Å². The zero-order valence-corrected chi connectivity index (χ0v) is 13.3. The molecule has 0 atom stereocenters. The first-order valence-electron chi connectivity index (χ1n) is 7.03. The second kappa shape index (κ2) is 7.77. The zero-order chi connectivity index (χ0) is 15.1. The van der Waals surface area contributed by atoms with Crippen LogP contribution in [0.15, 0.2) is 30.3 Å². The number of nitrogens with one attached hydrogen (secondary N) is 1. The summed E-state index contributed by atoms with van der Waals surface area (Å²) in [6.07, 6.45) is 1.03. The van der Waals surface area contributed by atoms with Gasteiger partial charge in [-0.15, -0.1) is 0 Å². The van der Waals surface area contributed by atoms with E-state index in [1.165, 1.54) is 17.1 Å². The lowest BCUT2D eigenvalue weighted by molar-refractivity contribution is 0.325. The predicted octanol–water partition coefficient (Wildman–Crippen LogP) is 3.26. The number of aromatic nitrogens is 1. The number of rotatable bonds is 7. The van der Waals surface area contributed by atoms with Crippen LogP contribution in [0.5, 0.6) is 0 Å². The Bertz CT molecular complexity index is 600. The van der Waals surface area contributed by atoms with E-state index in [-0.39, 0.29) is 0 Å². The molecule has 0 saturated heterocycles. The molecule has 0 aliphatic heterocycles. The fourth-order valence-corrected chi connectivity index (χ4v) is 2.92. The molecule has 4 nitrogen and oxygen atoms in total. The highest BCUT2D eigenvalue weighted by atomic mass is 32.1. The Hall–Kier alpha value is -1.90. The van der Waals surface area contributed by atoms with Gasteiger partial charge in [-0.3, -0.25) is 0 Å². The van der Waals surface area contributed by atoms with Gasteiger partial charge in [0.1, 0.15) is 16.6 Å². The van der Waals surface area contributed by atoms with Crippen LogP contribution in [0.2, 0.25) is 0 Å². The van der Waals surface area contributed by atoms with Gasteiger partial charge in [-0.05, 0) is 44.0 Å². The summed E-state index contributed by atoms with van der Waals surface area (Å²) < 4.78 is 4.20. The molecule has 1 aromatic heterocycles. The largest absolute Gasteiger partial charge is 0.375 e. The van der Waals surface area contributed by atoms with E-state index >= 15 is 0 Å². The van der Waals surface area contributed by atoms with Gasteiger partial charge >= 0.3 is 0 Å². The molecular formula is C16H20N4S. The number of benzene rings is 1. The van der Waals surface area contributed by atoms with Gasteiger partial charge in [0.2, 0.25) is 0 Å². The molecule has 0 unspecified atom stereocenters. The number of hydrogen-bond acceptors (Lipinski definition) is 5. The summed E-state index contributed by atoms with van der Waals surface area (Å²) in [4.78, 5) is 2.31. The molecule has 0 aliphatic carbocycles. The van der Waals surface area contributed by atoms with Gasteiger partial charge in [0.15, 0.2) is 0 Å². The van der Waals surface area contributed by atoms with E-state index in [0.717, 1.165) is 36.8 Å². The molecule has 1 heterocycles. The van der Waals surface area contributed by atoms with Gasteiger partial charge in [0.25, 0.3) is 0 Å². The molecule has 1 aromatic carbocycles. The lowest BCUT2D eigenvalue weighted by Crippen LogP contribution is -2.21. The molecule has 1 N–H and O–H groups in total. The van der Waals surface area contributed by atoms with Crippen LogP contribution < -0.4 is 5.32 Å². The quantitative estimate of drug-likeness (QED) is 0.797. The smallest absolute Gasteiger partial charge is 0.127 e. The third-order valence-electron chi connectivity index (χ3n) is 3.27. The molecule has 0 amide bonds. The van der Waals surface area contributed by atoms with Crippen molar-refractivity contribution >= 4 is 16.5 Å². The number of nitrogens with zero attached hydrogens (tertiary/aromatic N) is 3. The molecule has 0 saturated carbocycles. The standard InChI is InChI=1S/C16H20N4S/c1-13-15(11-17)16(21-19-13)18-9-6-10-20(2)12-14-7-4-3-5-8-14/h3-5,7-8,18H,6,9-10,12H2,1-2H3. The zero-order valence-electron chi connectivity index (χ0n) is 12.5. The van der Waals surface area contributed by atoms with Crippen LogP contribution in [-0.2, 0) is 6.54 Å². The van der Waals surface area contributed by atoms with Crippen LogP contribution >= 0.6 is 11.5 Å². The van der Waals surface area contributed by atoms with Gasteiger partial charge in [0, 0.05) is 13.1 Å². The van der Waals surface area contributed by atoms with Crippen molar-refractivity contribution in [1.29, 1.82) is 5.26 Å². The third-order valence-corrected chi connectivity index (χ3v) is 4.17. The third kappa shape index (κ3) is 4.55. The van der Waals surface area contributed by atoms with Gasteiger partial charge < -0.3 is 10.2 Å². The van der Waals surface area contributed by atoms with Crippen molar-refractivity contribution in [3.63, 3.8) is 0 Å². The Balaban J connectivity index is 1.71. The fraction of sp³-hybridized carbons (Fsp3) is 0.375. The van der Waals surface area contributed by atoms with Crippen LogP contribution in [0, 0.1) is 18.3 Å². The highest BCUT2D eigenvalue weighted by Gasteiger charge is 2.09. The molecule has 5 heteroatoms. The Morgan fingerprint density at radius 2 is 2.10 bits per heavy atom. The first-order chi connectivity index (χ1) is 10.2. The van der Waals surface area contributed by atoms with Gasteiger partial charge in [-0.25, -0.2) is 0 Å². The van der Waals surface area contributed by atoms with E-state index in [1.807, 2.05) is 13.0 Å². The maximum Gasteiger partial charge on any atom is 0.127 e. The Morgan fingerprint density at radius 1 is 1.33 bits per heavy atom. The lowest BCUT2D eigenvalue weighted by Gasteiger charge is -2.16. The SMILES string of the molecule is Cc1nsc(NCCCN(C)Cc2ccccc2)c1C#N. The molecule has 0 bridgehead atoms. The van der Waals surface area contributed by atoms with Crippen molar-refractivity contribution in [2.24, 2.45) is 0 Å². The van der Waals surface area contributed by atoms with Crippen molar-refractivity contribution < 1.29 is 0 Å². The molecule has 0 fully saturated rings. The minimum atomic E-state index is 0.678. The summed E-state index contributed by atoms with van der Waals surface area (Å²) in [5.74, 6) is 0. The first-order valence-corrected chi connectivity index (χ1v) is 7.80. The average molecular weight is 300 g/mol. The van der Waals surface area contributed by atoms with E-state index in [0.29, 0.717) is 5.56 Å². The molecule has 21 heavy (non-hydrogen) atoms. The van der Waals surface area contributed by atoms with E-state index < -0.39 is 0 Å². The number of aryl methyl sites for hydroxylation is 1. The Morgan fingerprint density at radius 3 is 2.81 bits per heavy atom. The van der Waals surface area contributed by atoms with Gasteiger partial charge in [-0.2, -0.15) is 9.64 Å². The molecular weight excluding hydrogens is 280 g/mol. The monoisotopic (exact) mass is 300 g/mol. The summed E-state index contributed by atoms with van der Waals surface area (Å²) in [7, 11) is 2.13. The maximum absolute atomic E-state index is 9.07. The second-order valence-electron chi connectivity index (χ2n) is 5.09. The van der Waals surface area contributed by atoms with Crippen molar-refractivity contribution in [3.05, 3.63) is 47.2 Å². The number of hydrogen-bond donors (Lipinski definition) is 1. The predicted molar refractivity (Wildman–Crippen MR) is 87.4 cm³/mol. The van der Waals surface area contributed by atoms with Crippen molar-refractivity contribution in [3.8, 4) is 6.07 Å². The molecule has 0 spiro atoms. The number of anilines is 1. The van der Waals surface area contributed by atoms with Crippen molar-refractivity contribution in [2.75, 3.05) is 25.5 Å². The highest BCUT2D eigenvalue weighted by molar-refractivity contribution is 7.10.